The summed E-state index contributed by atoms with van der Waals surface area (Å²) in [6.07, 6.45) is 5.11. The Labute approximate surface area is 87.2 Å². The van der Waals surface area contributed by atoms with Crippen LogP contribution in [0.3, 0.4) is 0 Å². The van der Waals surface area contributed by atoms with Gasteiger partial charge in [0.1, 0.15) is 5.75 Å². The number of aryl methyl sites for hydroxylation is 1. The van der Waals surface area contributed by atoms with Crippen LogP contribution in [0.2, 0.25) is 0 Å². The number of hydrogen-bond acceptors (Lipinski definition) is 1. The lowest BCUT2D eigenvalue weighted by Gasteiger charge is -1.99. The van der Waals surface area contributed by atoms with Crippen molar-refractivity contribution < 1.29 is 5.11 Å². The van der Waals surface area contributed by atoms with Gasteiger partial charge in [0, 0.05) is 5.33 Å². The summed E-state index contributed by atoms with van der Waals surface area (Å²) >= 11 is 3.35. The van der Waals surface area contributed by atoms with Gasteiger partial charge in [-0.1, -0.05) is 40.2 Å². The quantitative estimate of drug-likeness (QED) is 0.803. The summed E-state index contributed by atoms with van der Waals surface area (Å²) < 4.78 is 0. The van der Waals surface area contributed by atoms with Gasteiger partial charge in [-0.05, 0) is 30.5 Å². The predicted molar refractivity (Wildman–Crippen MR) is 60.3 cm³/mol. The highest BCUT2D eigenvalue weighted by molar-refractivity contribution is 9.09. The van der Waals surface area contributed by atoms with Crippen LogP contribution in [0.1, 0.15) is 17.5 Å². The van der Waals surface area contributed by atoms with E-state index >= 15 is 0 Å². The molecule has 0 radical (unpaired) electrons. The molecule has 1 N–H and O–H groups in total. The molecule has 0 saturated heterocycles. The van der Waals surface area contributed by atoms with Crippen molar-refractivity contribution in [2.24, 2.45) is 0 Å². The second kappa shape index (κ2) is 5.07. The standard InChI is InChI=1S/C11H13BrO/c1-9-5-6-10(8-11(9)13)4-2-3-7-12/h2,4-6,8,13H,3,7H2,1H3. The molecule has 0 saturated carbocycles. The average Bonchev–Trinajstić information content (AvgIpc) is 2.12. The van der Waals surface area contributed by atoms with Crippen molar-refractivity contribution in [2.75, 3.05) is 5.33 Å². The molecule has 1 nitrogen and oxygen atoms in total. The lowest BCUT2D eigenvalue weighted by atomic mass is 10.1. The molecule has 0 aromatic heterocycles. The minimum Gasteiger partial charge on any atom is -0.508 e. The molecule has 2 heteroatoms. The first-order chi connectivity index (χ1) is 6.24. The third kappa shape index (κ3) is 3.23. The molecule has 0 heterocycles. The third-order valence-corrected chi connectivity index (χ3v) is 2.28. The van der Waals surface area contributed by atoms with Crippen LogP contribution < -0.4 is 0 Å². The van der Waals surface area contributed by atoms with E-state index in [1.54, 1.807) is 6.07 Å². The van der Waals surface area contributed by atoms with E-state index < -0.39 is 0 Å². The maximum absolute atomic E-state index is 9.41. The van der Waals surface area contributed by atoms with E-state index in [9.17, 15) is 5.11 Å². The van der Waals surface area contributed by atoms with Gasteiger partial charge in [-0.3, -0.25) is 0 Å². The van der Waals surface area contributed by atoms with Crippen molar-refractivity contribution in [3.8, 4) is 5.75 Å². The summed E-state index contributed by atoms with van der Waals surface area (Å²) in [4.78, 5) is 0. The molecule has 0 aliphatic heterocycles. The number of alkyl halides is 1. The SMILES string of the molecule is Cc1ccc(C=CCCBr)cc1O. The monoisotopic (exact) mass is 240 g/mol. The van der Waals surface area contributed by atoms with E-state index in [2.05, 4.69) is 22.0 Å². The van der Waals surface area contributed by atoms with Gasteiger partial charge in [-0.25, -0.2) is 0 Å². The Kier molecular flexibility index (Phi) is 4.03. The minimum atomic E-state index is 0.362. The number of phenolic OH excluding ortho intramolecular Hbond substituents is 1. The fourth-order valence-corrected chi connectivity index (χ4v) is 1.28. The van der Waals surface area contributed by atoms with E-state index in [1.165, 1.54) is 0 Å². The van der Waals surface area contributed by atoms with Gasteiger partial charge >= 0.3 is 0 Å². The zero-order valence-electron chi connectivity index (χ0n) is 7.63. The van der Waals surface area contributed by atoms with Gasteiger partial charge in [0.2, 0.25) is 0 Å². The molecule has 0 spiro atoms. The zero-order valence-corrected chi connectivity index (χ0v) is 9.21. The van der Waals surface area contributed by atoms with Gasteiger partial charge in [0.05, 0.1) is 0 Å². The van der Waals surface area contributed by atoms with E-state index in [0.717, 1.165) is 22.9 Å². The molecule has 70 valence electrons. The summed E-state index contributed by atoms with van der Waals surface area (Å²) in [7, 11) is 0. The number of aromatic hydroxyl groups is 1. The van der Waals surface area contributed by atoms with Crippen LogP contribution in [0, 0.1) is 6.92 Å². The molecule has 13 heavy (non-hydrogen) atoms. The summed E-state index contributed by atoms with van der Waals surface area (Å²) in [6.45, 7) is 1.89. The third-order valence-electron chi connectivity index (χ3n) is 1.82. The summed E-state index contributed by atoms with van der Waals surface area (Å²) in [5, 5.41) is 10.4. The van der Waals surface area contributed by atoms with E-state index in [1.807, 2.05) is 25.1 Å². The molecular formula is C11H13BrO. The predicted octanol–water partition coefficient (Wildman–Crippen LogP) is 3.50. The van der Waals surface area contributed by atoms with Gasteiger partial charge in [0.15, 0.2) is 0 Å². The van der Waals surface area contributed by atoms with Gasteiger partial charge in [0.25, 0.3) is 0 Å². The van der Waals surface area contributed by atoms with Gasteiger partial charge < -0.3 is 5.11 Å². The van der Waals surface area contributed by atoms with Crippen LogP contribution in [-0.2, 0) is 0 Å². The Hall–Kier alpha value is -0.760. The number of rotatable bonds is 3. The van der Waals surface area contributed by atoms with E-state index in [4.69, 9.17) is 0 Å². The molecule has 0 amide bonds. The molecule has 0 bridgehead atoms. The number of phenols is 1. The fraction of sp³-hybridized carbons (Fsp3) is 0.273. The summed E-state index contributed by atoms with van der Waals surface area (Å²) in [5.74, 6) is 0.362. The first kappa shape index (κ1) is 10.3. The summed E-state index contributed by atoms with van der Waals surface area (Å²) in [5.41, 5.74) is 1.96. The van der Waals surface area contributed by atoms with Crippen molar-refractivity contribution in [2.45, 2.75) is 13.3 Å². The Bertz CT molecular complexity index is 305. The molecule has 1 rings (SSSR count). The Morgan fingerprint density at radius 1 is 1.46 bits per heavy atom. The largest absolute Gasteiger partial charge is 0.508 e. The van der Waals surface area contributed by atoms with Crippen LogP contribution in [0.4, 0.5) is 0 Å². The Morgan fingerprint density at radius 2 is 2.23 bits per heavy atom. The maximum atomic E-state index is 9.41. The first-order valence-electron chi connectivity index (χ1n) is 4.26. The van der Waals surface area contributed by atoms with Crippen LogP contribution >= 0.6 is 15.9 Å². The second-order valence-corrected chi connectivity index (χ2v) is 3.72. The van der Waals surface area contributed by atoms with Crippen molar-refractivity contribution in [1.82, 2.24) is 0 Å². The molecule has 1 aromatic rings. The molecule has 0 aliphatic carbocycles. The average molecular weight is 241 g/mol. The number of halogens is 1. The van der Waals surface area contributed by atoms with Crippen molar-refractivity contribution >= 4 is 22.0 Å². The topological polar surface area (TPSA) is 20.2 Å². The number of allylic oxidation sites excluding steroid dienone is 1. The number of benzene rings is 1. The fourth-order valence-electron chi connectivity index (χ4n) is 1.01. The summed E-state index contributed by atoms with van der Waals surface area (Å²) in [6, 6.07) is 5.70. The van der Waals surface area contributed by atoms with Crippen LogP contribution in [0.25, 0.3) is 6.08 Å². The molecule has 0 aliphatic rings. The normalized spacial score (nSPS) is 10.9. The van der Waals surface area contributed by atoms with Crippen LogP contribution in [0.15, 0.2) is 24.3 Å². The molecule has 0 atom stereocenters. The molecule has 0 fully saturated rings. The van der Waals surface area contributed by atoms with Gasteiger partial charge in [-0.15, -0.1) is 0 Å². The lowest BCUT2D eigenvalue weighted by molar-refractivity contribution is 0.471. The highest BCUT2D eigenvalue weighted by Crippen LogP contribution is 2.18. The van der Waals surface area contributed by atoms with Crippen LogP contribution in [-0.4, -0.2) is 10.4 Å². The van der Waals surface area contributed by atoms with Crippen LogP contribution in [0.5, 0.6) is 5.75 Å². The highest BCUT2D eigenvalue weighted by Gasteiger charge is 1.94. The van der Waals surface area contributed by atoms with E-state index in [0.29, 0.717) is 5.75 Å². The van der Waals surface area contributed by atoms with Crippen molar-refractivity contribution in [1.29, 1.82) is 0 Å². The van der Waals surface area contributed by atoms with Gasteiger partial charge in [-0.2, -0.15) is 0 Å². The minimum absolute atomic E-state index is 0.362. The zero-order chi connectivity index (χ0) is 9.68. The lowest BCUT2D eigenvalue weighted by Crippen LogP contribution is -1.76. The Morgan fingerprint density at radius 3 is 2.85 bits per heavy atom. The second-order valence-electron chi connectivity index (χ2n) is 2.93. The molecular weight excluding hydrogens is 228 g/mol. The Balaban J connectivity index is 2.73. The van der Waals surface area contributed by atoms with Crippen molar-refractivity contribution in [3.05, 3.63) is 35.4 Å². The van der Waals surface area contributed by atoms with E-state index in [-0.39, 0.29) is 0 Å². The number of hydrogen-bond donors (Lipinski definition) is 1. The maximum Gasteiger partial charge on any atom is 0.119 e. The first-order valence-corrected chi connectivity index (χ1v) is 5.38. The molecule has 0 unspecified atom stereocenters. The highest BCUT2D eigenvalue weighted by atomic mass is 79.9. The molecule has 1 aromatic carbocycles. The smallest absolute Gasteiger partial charge is 0.119 e. The van der Waals surface area contributed by atoms with Crippen molar-refractivity contribution in [3.63, 3.8) is 0 Å².